The van der Waals surface area contributed by atoms with E-state index in [2.05, 4.69) is 32.7 Å². The van der Waals surface area contributed by atoms with Crippen LogP contribution in [0.4, 0.5) is 0 Å². The molecule has 18 heavy (non-hydrogen) atoms. The summed E-state index contributed by atoms with van der Waals surface area (Å²) in [6, 6.07) is 0. The molecule has 1 unspecified atom stereocenters. The largest absolute Gasteiger partial charge is 0.340 e. The van der Waals surface area contributed by atoms with Crippen LogP contribution in [0.15, 0.2) is 0 Å². The fourth-order valence-electron chi connectivity index (χ4n) is 2.80. The van der Waals surface area contributed by atoms with Crippen LogP contribution in [0.5, 0.6) is 0 Å². The number of hydrogen-bond donors (Lipinski definition) is 0. The van der Waals surface area contributed by atoms with Gasteiger partial charge in [-0.05, 0) is 38.5 Å². The van der Waals surface area contributed by atoms with Gasteiger partial charge in [-0.25, -0.2) is 0 Å². The molecule has 1 amide bonds. The fourth-order valence-corrected chi connectivity index (χ4v) is 4.58. The van der Waals surface area contributed by atoms with Gasteiger partial charge in [-0.3, -0.25) is 4.79 Å². The second kappa shape index (κ2) is 6.62. The summed E-state index contributed by atoms with van der Waals surface area (Å²) in [6.07, 6.45) is 3.36. The van der Waals surface area contributed by atoms with Crippen LogP contribution in [0.1, 0.15) is 26.2 Å². The molecule has 0 saturated carbocycles. The minimum Gasteiger partial charge on any atom is -0.340 e. The first kappa shape index (κ1) is 14.7. The average molecular weight is 335 g/mol. The molecule has 0 aromatic rings. The first-order valence-electron chi connectivity index (χ1n) is 6.87. The second-order valence-corrected chi connectivity index (χ2v) is 7.75. The number of carbonyl (C=O) groups excluding carboxylic acids is 1. The summed E-state index contributed by atoms with van der Waals surface area (Å²) in [5.41, 5.74) is 0. The van der Waals surface area contributed by atoms with Gasteiger partial charge >= 0.3 is 0 Å². The third-order valence-corrected chi connectivity index (χ3v) is 5.81. The molecule has 0 aliphatic carbocycles. The molecule has 0 aromatic carbocycles. The predicted octanol–water partition coefficient (Wildman–Crippen LogP) is 2.20. The van der Waals surface area contributed by atoms with E-state index >= 15 is 0 Å². The zero-order valence-corrected chi connectivity index (χ0v) is 13.6. The van der Waals surface area contributed by atoms with Crippen molar-refractivity contribution < 1.29 is 4.79 Å². The lowest BCUT2D eigenvalue weighted by molar-refractivity contribution is -0.133. The van der Waals surface area contributed by atoms with E-state index in [9.17, 15) is 4.79 Å². The molecule has 1 atom stereocenters. The summed E-state index contributed by atoms with van der Waals surface area (Å²) >= 11 is 5.34. The van der Waals surface area contributed by atoms with Crippen molar-refractivity contribution in [3.8, 4) is 0 Å². The normalized spacial score (nSPS) is 30.4. The number of halogens is 1. The molecular formula is C13H23BrN2OS. The van der Waals surface area contributed by atoms with Gasteiger partial charge in [0.05, 0.1) is 4.75 Å². The minimum atomic E-state index is -0.134. The van der Waals surface area contributed by atoms with Gasteiger partial charge in [0.15, 0.2) is 0 Å². The van der Waals surface area contributed by atoms with Crippen LogP contribution in [0, 0.1) is 0 Å². The molecule has 0 spiro atoms. The van der Waals surface area contributed by atoms with Crippen molar-refractivity contribution in [3.63, 3.8) is 0 Å². The number of alkyl halides is 1. The van der Waals surface area contributed by atoms with Crippen molar-refractivity contribution in [1.29, 1.82) is 0 Å². The highest BCUT2D eigenvalue weighted by atomic mass is 79.9. The van der Waals surface area contributed by atoms with E-state index in [1.54, 1.807) is 0 Å². The van der Waals surface area contributed by atoms with Crippen LogP contribution >= 0.6 is 27.7 Å². The first-order valence-corrected chi connectivity index (χ1v) is 8.98. The highest BCUT2D eigenvalue weighted by Gasteiger charge is 2.40. The fraction of sp³-hybridized carbons (Fsp3) is 0.923. The van der Waals surface area contributed by atoms with Gasteiger partial charge in [-0.2, -0.15) is 0 Å². The van der Waals surface area contributed by atoms with E-state index < -0.39 is 0 Å². The molecule has 104 valence electrons. The van der Waals surface area contributed by atoms with Crippen molar-refractivity contribution in [2.24, 2.45) is 0 Å². The molecule has 2 rings (SSSR count). The maximum absolute atomic E-state index is 12.6. The first-order chi connectivity index (χ1) is 8.65. The zero-order valence-electron chi connectivity index (χ0n) is 11.2. The van der Waals surface area contributed by atoms with Crippen molar-refractivity contribution in [2.45, 2.75) is 30.9 Å². The molecule has 0 N–H and O–H groups in total. The van der Waals surface area contributed by atoms with Gasteiger partial charge in [0, 0.05) is 31.5 Å². The SMILES string of the molecule is CC1(C(=O)N2CCCN(CCBr)CC2)CCCS1. The maximum Gasteiger partial charge on any atom is 0.238 e. The van der Waals surface area contributed by atoms with E-state index in [0.29, 0.717) is 5.91 Å². The Kier molecular flexibility index (Phi) is 5.39. The van der Waals surface area contributed by atoms with Crippen molar-refractivity contribution in [1.82, 2.24) is 9.80 Å². The lowest BCUT2D eigenvalue weighted by Crippen LogP contribution is -2.45. The van der Waals surface area contributed by atoms with Gasteiger partial charge in [-0.15, -0.1) is 11.8 Å². The molecule has 2 saturated heterocycles. The Morgan fingerprint density at radius 1 is 1.28 bits per heavy atom. The van der Waals surface area contributed by atoms with Crippen LogP contribution in [-0.4, -0.2) is 64.3 Å². The Morgan fingerprint density at radius 2 is 2.11 bits per heavy atom. The highest BCUT2D eigenvalue weighted by molar-refractivity contribution is 9.09. The maximum atomic E-state index is 12.6. The van der Waals surface area contributed by atoms with E-state index in [4.69, 9.17) is 0 Å². The Bertz CT molecular complexity index is 295. The predicted molar refractivity (Wildman–Crippen MR) is 81.5 cm³/mol. The second-order valence-electron chi connectivity index (χ2n) is 5.36. The van der Waals surface area contributed by atoms with Crippen LogP contribution in [0.3, 0.4) is 0 Å². The number of nitrogens with zero attached hydrogens (tertiary/aromatic N) is 2. The Hall–Kier alpha value is 0.260. The highest BCUT2D eigenvalue weighted by Crippen LogP contribution is 2.39. The van der Waals surface area contributed by atoms with E-state index in [0.717, 1.165) is 56.6 Å². The molecule has 5 heteroatoms. The molecule has 0 radical (unpaired) electrons. The van der Waals surface area contributed by atoms with E-state index in [1.165, 1.54) is 6.42 Å². The van der Waals surface area contributed by atoms with E-state index in [1.807, 2.05) is 11.8 Å². The Labute approximate surface area is 123 Å². The lowest BCUT2D eigenvalue weighted by Gasteiger charge is -2.30. The molecule has 0 bridgehead atoms. The molecular weight excluding hydrogens is 312 g/mol. The van der Waals surface area contributed by atoms with Gasteiger partial charge in [-0.1, -0.05) is 15.9 Å². The van der Waals surface area contributed by atoms with Crippen molar-refractivity contribution in [3.05, 3.63) is 0 Å². The molecule has 0 aromatic heterocycles. The van der Waals surface area contributed by atoms with Crippen molar-refractivity contribution >= 4 is 33.6 Å². The molecule has 2 heterocycles. The summed E-state index contributed by atoms with van der Waals surface area (Å²) < 4.78 is -0.134. The number of hydrogen-bond acceptors (Lipinski definition) is 3. The summed E-state index contributed by atoms with van der Waals surface area (Å²) in [7, 11) is 0. The zero-order chi connectivity index (χ0) is 13.0. The smallest absolute Gasteiger partial charge is 0.238 e. The molecule has 3 nitrogen and oxygen atoms in total. The monoisotopic (exact) mass is 334 g/mol. The Balaban J connectivity index is 1.91. The summed E-state index contributed by atoms with van der Waals surface area (Å²) in [5.74, 6) is 1.52. The molecule has 2 aliphatic rings. The van der Waals surface area contributed by atoms with Crippen LogP contribution in [0.25, 0.3) is 0 Å². The summed E-state index contributed by atoms with van der Waals surface area (Å²) in [5, 5.41) is 1.02. The number of thioether (sulfide) groups is 1. The van der Waals surface area contributed by atoms with Crippen LogP contribution in [0.2, 0.25) is 0 Å². The number of carbonyl (C=O) groups is 1. The van der Waals surface area contributed by atoms with Crippen LogP contribution < -0.4 is 0 Å². The van der Waals surface area contributed by atoms with Gasteiger partial charge in [0.1, 0.15) is 0 Å². The minimum absolute atomic E-state index is 0.134. The number of rotatable bonds is 3. The van der Waals surface area contributed by atoms with Gasteiger partial charge < -0.3 is 9.80 Å². The summed E-state index contributed by atoms with van der Waals surface area (Å²) in [6.45, 7) is 7.22. The summed E-state index contributed by atoms with van der Waals surface area (Å²) in [4.78, 5) is 17.2. The third-order valence-electron chi connectivity index (χ3n) is 3.95. The molecule has 2 aliphatic heterocycles. The average Bonchev–Trinajstić information content (AvgIpc) is 2.68. The van der Waals surface area contributed by atoms with Gasteiger partial charge in [0.25, 0.3) is 0 Å². The molecule has 2 fully saturated rings. The lowest BCUT2D eigenvalue weighted by atomic mass is 10.0. The van der Waals surface area contributed by atoms with Crippen LogP contribution in [-0.2, 0) is 4.79 Å². The quantitative estimate of drug-likeness (QED) is 0.739. The van der Waals surface area contributed by atoms with E-state index in [-0.39, 0.29) is 4.75 Å². The number of amides is 1. The van der Waals surface area contributed by atoms with Gasteiger partial charge in [0.2, 0.25) is 5.91 Å². The topological polar surface area (TPSA) is 23.6 Å². The standard InChI is InChI=1S/C13H23BrN2OS/c1-13(4-2-11-18-13)12(17)16-7-3-6-15(8-5-14)9-10-16/h2-11H2,1H3. The Morgan fingerprint density at radius 3 is 2.78 bits per heavy atom. The third kappa shape index (κ3) is 3.42. The van der Waals surface area contributed by atoms with Crippen molar-refractivity contribution in [2.75, 3.05) is 43.8 Å².